The molecule has 0 spiro atoms. The molecule has 0 aliphatic heterocycles. The molecule has 0 fully saturated rings. The van der Waals surface area contributed by atoms with Crippen LogP contribution in [0.4, 0.5) is 0 Å². The Morgan fingerprint density at radius 3 is 2.39 bits per heavy atom. The van der Waals surface area contributed by atoms with Crippen LogP contribution < -0.4 is 5.11 Å². The van der Waals surface area contributed by atoms with Gasteiger partial charge in [-0.25, -0.2) is 0 Å². The van der Waals surface area contributed by atoms with Crippen molar-refractivity contribution in [3.63, 3.8) is 0 Å². The lowest BCUT2D eigenvalue weighted by Crippen LogP contribution is -2.04. The first-order valence-electron chi connectivity index (χ1n) is 5.67. The summed E-state index contributed by atoms with van der Waals surface area (Å²) in [6, 6.07) is 10.4. The van der Waals surface area contributed by atoms with Crippen LogP contribution in [0, 0.1) is 6.92 Å². The average molecular weight is 236 g/mol. The number of carbonyl (C=O) groups is 1. The molecular formula is C15H10NO2-. The Morgan fingerprint density at radius 2 is 1.78 bits per heavy atom. The van der Waals surface area contributed by atoms with E-state index in [0.29, 0.717) is 16.8 Å². The largest absolute Gasteiger partial charge is 0.871 e. The fourth-order valence-electron chi connectivity index (χ4n) is 2.10. The van der Waals surface area contributed by atoms with E-state index in [0.717, 1.165) is 5.56 Å². The summed E-state index contributed by atoms with van der Waals surface area (Å²) in [5.41, 5.74) is 2.57. The van der Waals surface area contributed by atoms with E-state index in [1.807, 2.05) is 13.0 Å². The quantitative estimate of drug-likeness (QED) is 0.758. The molecule has 88 valence electrons. The zero-order valence-electron chi connectivity index (χ0n) is 9.81. The molecule has 2 aromatic rings. The van der Waals surface area contributed by atoms with Crippen LogP contribution in [0.3, 0.4) is 0 Å². The standard InChI is InChI=1S/C15H11NO2/c1-9-6-7-12(16-8-9)13-14(17)10-4-2-3-5-11(10)15(13)18/h2-8,17H,1H3/p-1. The smallest absolute Gasteiger partial charge is 0.195 e. The van der Waals surface area contributed by atoms with Gasteiger partial charge >= 0.3 is 0 Å². The first-order chi connectivity index (χ1) is 8.68. The zero-order chi connectivity index (χ0) is 12.7. The Kier molecular flexibility index (Phi) is 2.27. The van der Waals surface area contributed by atoms with Crippen LogP contribution in [0.2, 0.25) is 0 Å². The van der Waals surface area contributed by atoms with Gasteiger partial charge in [-0.3, -0.25) is 9.78 Å². The number of Topliss-reactive ketones (excluding diaryl/α,β-unsaturated/α-hetero) is 1. The molecule has 0 saturated carbocycles. The second-order valence-electron chi connectivity index (χ2n) is 4.30. The molecule has 1 aromatic carbocycles. The van der Waals surface area contributed by atoms with Gasteiger partial charge in [0, 0.05) is 17.3 Å². The third kappa shape index (κ3) is 1.44. The number of fused-ring (bicyclic) bond motifs is 1. The van der Waals surface area contributed by atoms with Gasteiger partial charge in [-0.1, -0.05) is 36.1 Å². The predicted molar refractivity (Wildman–Crippen MR) is 66.6 cm³/mol. The molecule has 0 amide bonds. The number of ketones is 1. The molecule has 0 unspecified atom stereocenters. The number of allylic oxidation sites excluding steroid dienone is 1. The summed E-state index contributed by atoms with van der Waals surface area (Å²) in [7, 11) is 0. The predicted octanol–water partition coefficient (Wildman–Crippen LogP) is 1.81. The van der Waals surface area contributed by atoms with Gasteiger partial charge < -0.3 is 5.11 Å². The molecule has 3 heteroatoms. The molecule has 0 saturated heterocycles. The lowest BCUT2D eigenvalue weighted by atomic mass is 10.1. The highest BCUT2D eigenvalue weighted by Crippen LogP contribution is 2.34. The molecule has 3 nitrogen and oxygen atoms in total. The number of aromatic nitrogens is 1. The minimum atomic E-state index is -0.230. The Balaban J connectivity index is 2.18. The maximum atomic E-state index is 12.2. The Bertz CT molecular complexity index is 669. The van der Waals surface area contributed by atoms with E-state index >= 15 is 0 Å². The summed E-state index contributed by atoms with van der Waals surface area (Å²) < 4.78 is 0. The number of hydrogen-bond acceptors (Lipinski definition) is 3. The summed E-state index contributed by atoms with van der Waals surface area (Å²) in [5, 5.41) is 12.2. The lowest BCUT2D eigenvalue weighted by Gasteiger charge is -2.10. The van der Waals surface area contributed by atoms with Crippen molar-refractivity contribution in [2.75, 3.05) is 0 Å². The SMILES string of the molecule is Cc1ccc(C2=C([O-])c3ccccc3C2=O)nc1. The third-order valence-electron chi connectivity index (χ3n) is 3.04. The van der Waals surface area contributed by atoms with E-state index < -0.39 is 0 Å². The van der Waals surface area contributed by atoms with Crippen molar-refractivity contribution in [2.45, 2.75) is 6.92 Å². The fourth-order valence-corrected chi connectivity index (χ4v) is 2.10. The van der Waals surface area contributed by atoms with E-state index in [9.17, 15) is 9.90 Å². The second-order valence-corrected chi connectivity index (χ2v) is 4.30. The van der Waals surface area contributed by atoms with Crippen molar-refractivity contribution in [1.82, 2.24) is 4.98 Å². The molecule has 0 atom stereocenters. The van der Waals surface area contributed by atoms with Gasteiger partial charge in [-0.2, -0.15) is 0 Å². The highest BCUT2D eigenvalue weighted by molar-refractivity contribution is 6.38. The van der Waals surface area contributed by atoms with Crippen molar-refractivity contribution in [1.29, 1.82) is 0 Å². The van der Waals surface area contributed by atoms with Crippen LogP contribution in [0.25, 0.3) is 11.3 Å². The van der Waals surface area contributed by atoms with Gasteiger partial charge in [0.25, 0.3) is 0 Å². The van der Waals surface area contributed by atoms with Crippen LogP contribution in [-0.2, 0) is 0 Å². The minimum absolute atomic E-state index is 0.177. The van der Waals surface area contributed by atoms with Gasteiger partial charge in [0.2, 0.25) is 0 Å². The molecule has 1 aliphatic carbocycles. The maximum Gasteiger partial charge on any atom is 0.195 e. The minimum Gasteiger partial charge on any atom is -0.871 e. The summed E-state index contributed by atoms with van der Waals surface area (Å²) in [4.78, 5) is 16.4. The first kappa shape index (κ1) is 10.7. The van der Waals surface area contributed by atoms with Crippen molar-refractivity contribution < 1.29 is 9.90 Å². The number of carbonyl (C=O) groups excluding carboxylic acids is 1. The van der Waals surface area contributed by atoms with Crippen LogP contribution in [0.15, 0.2) is 42.6 Å². The monoisotopic (exact) mass is 236 g/mol. The Hall–Kier alpha value is -2.42. The van der Waals surface area contributed by atoms with Gasteiger partial charge in [0.05, 0.1) is 5.69 Å². The molecule has 3 rings (SSSR count). The molecular weight excluding hydrogens is 226 g/mol. The fraction of sp³-hybridized carbons (Fsp3) is 0.0667. The number of rotatable bonds is 1. The molecule has 0 N–H and O–H groups in total. The molecule has 0 bridgehead atoms. The first-order valence-corrected chi connectivity index (χ1v) is 5.67. The summed E-state index contributed by atoms with van der Waals surface area (Å²) in [6.45, 7) is 1.91. The maximum absolute atomic E-state index is 12.2. The topological polar surface area (TPSA) is 53.0 Å². The van der Waals surface area contributed by atoms with Crippen LogP contribution in [0.5, 0.6) is 0 Å². The van der Waals surface area contributed by atoms with Gasteiger partial charge in [-0.05, 0) is 24.1 Å². The van der Waals surface area contributed by atoms with E-state index in [1.165, 1.54) is 0 Å². The van der Waals surface area contributed by atoms with Crippen molar-refractivity contribution in [3.8, 4) is 0 Å². The van der Waals surface area contributed by atoms with E-state index in [-0.39, 0.29) is 17.1 Å². The average Bonchev–Trinajstić information content (AvgIpc) is 2.64. The van der Waals surface area contributed by atoms with Crippen molar-refractivity contribution in [2.24, 2.45) is 0 Å². The van der Waals surface area contributed by atoms with Crippen LogP contribution >= 0.6 is 0 Å². The van der Waals surface area contributed by atoms with Gasteiger partial charge in [0.15, 0.2) is 5.78 Å². The number of hydrogen-bond donors (Lipinski definition) is 0. The normalized spacial score (nSPS) is 13.9. The van der Waals surface area contributed by atoms with E-state index in [2.05, 4.69) is 4.98 Å². The second kappa shape index (κ2) is 3.81. The van der Waals surface area contributed by atoms with Crippen molar-refractivity contribution >= 4 is 17.1 Å². The van der Waals surface area contributed by atoms with Crippen LogP contribution in [0.1, 0.15) is 27.2 Å². The van der Waals surface area contributed by atoms with E-state index in [1.54, 1.807) is 36.5 Å². The van der Waals surface area contributed by atoms with Crippen LogP contribution in [-0.4, -0.2) is 10.8 Å². The van der Waals surface area contributed by atoms with Crippen molar-refractivity contribution in [3.05, 3.63) is 65.0 Å². The lowest BCUT2D eigenvalue weighted by molar-refractivity contribution is -0.242. The molecule has 1 aliphatic rings. The summed E-state index contributed by atoms with van der Waals surface area (Å²) in [6.07, 6.45) is 1.66. The number of pyridine rings is 1. The molecule has 1 heterocycles. The number of benzene rings is 1. The number of aryl methyl sites for hydroxylation is 1. The zero-order valence-corrected chi connectivity index (χ0v) is 9.81. The molecule has 1 aromatic heterocycles. The molecule has 0 radical (unpaired) electrons. The number of nitrogens with zero attached hydrogens (tertiary/aromatic N) is 1. The molecule has 18 heavy (non-hydrogen) atoms. The highest BCUT2D eigenvalue weighted by atomic mass is 16.3. The highest BCUT2D eigenvalue weighted by Gasteiger charge is 2.25. The Labute approximate surface area is 104 Å². The summed E-state index contributed by atoms with van der Waals surface area (Å²) in [5.74, 6) is -0.459. The Morgan fingerprint density at radius 1 is 1.06 bits per heavy atom. The third-order valence-corrected chi connectivity index (χ3v) is 3.04. The van der Waals surface area contributed by atoms with Gasteiger partial charge in [-0.15, -0.1) is 0 Å². The summed E-state index contributed by atoms with van der Waals surface area (Å²) >= 11 is 0. The van der Waals surface area contributed by atoms with Gasteiger partial charge in [0.1, 0.15) is 0 Å². The van der Waals surface area contributed by atoms with E-state index in [4.69, 9.17) is 0 Å².